The molecule has 0 atom stereocenters. The van der Waals surface area contributed by atoms with Crippen LogP contribution in [0.15, 0.2) is 36.1 Å². The number of hydrogen-bond acceptors (Lipinski definition) is 10. The predicted octanol–water partition coefficient (Wildman–Crippen LogP) is 5.33. The molecule has 5 heterocycles. The molecule has 2 aliphatic rings. The highest BCUT2D eigenvalue weighted by atomic mass is 32.1. The Bertz CT molecular complexity index is 1510. The van der Waals surface area contributed by atoms with Crippen LogP contribution in [0.25, 0.3) is 10.6 Å². The van der Waals surface area contributed by atoms with E-state index >= 15 is 0 Å². The first-order valence-electron chi connectivity index (χ1n) is 12.2. The van der Waals surface area contributed by atoms with Crippen LogP contribution in [-0.4, -0.2) is 60.9 Å². The summed E-state index contributed by atoms with van der Waals surface area (Å²) in [7, 11) is 0. The molecule has 39 heavy (non-hydrogen) atoms. The molecule has 0 aromatic carbocycles. The molecule has 0 radical (unpaired) electrons. The second-order valence-electron chi connectivity index (χ2n) is 9.61. The van der Waals surface area contributed by atoms with Gasteiger partial charge in [-0.1, -0.05) is 0 Å². The zero-order valence-electron chi connectivity index (χ0n) is 21.0. The summed E-state index contributed by atoms with van der Waals surface area (Å²) in [5, 5.41) is 6.85. The van der Waals surface area contributed by atoms with Crippen molar-refractivity contribution in [1.29, 1.82) is 0 Å². The number of aryl methyl sites for hydroxylation is 2. The number of aromatic nitrogens is 5. The lowest BCUT2D eigenvalue weighted by Crippen LogP contribution is -2.57. The smallest absolute Gasteiger partial charge is 0.334 e. The highest BCUT2D eigenvalue weighted by Gasteiger charge is 2.53. The molecule has 1 N–H and O–H groups in total. The Kier molecular flexibility index (Phi) is 6.25. The summed E-state index contributed by atoms with van der Waals surface area (Å²) in [5.41, 5.74) is 1.06. The van der Waals surface area contributed by atoms with E-state index in [0.717, 1.165) is 46.5 Å². The topological polar surface area (TPSA) is 100 Å². The van der Waals surface area contributed by atoms with E-state index in [1.807, 2.05) is 24.1 Å². The molecular formula is C25H23F3N8OS2. The van der Waals surface area contributed by atoms with Crippen LogP contribution in [0.5, 0.6) is 0 Å². The van der Waals surface area contributed by atoms with E-state index in [1.54, 1.807) is 34.6 Å². The summed E-state index contributed by atoms with van der Waals surface area (Å²) in [6.45, 7) is 5.24. The van der Waals surface area contributed by atoms with Crippen LogP contribution >= 0.6 is 22.7 Å². The quantitative estimate of drug-likeness (QED) is 0.343. The summed E-state index contributed by atoms with van der Waals surface area (Å²) in [4.78, 5) is 39.4. The van der Waals surface area contributed by atoms with Crippen LogP contribution in [0.3, 0.4) is 0 Å². The largest absolute Gasteiger partial charge is 0.419 e. The number of alkyl halides is 3. The number of piperazine rings is 1. The van der Waals surface area contributed by atoms with Crippen molar-refractivity contribution in [2.75, 3.05) is 29.9 Å². The van der Waals surface area contributed by atoms with Gasteiger partial charge in [-0.3, -0.25) is 4.79 Å². The number of thiazole rings is 2. The van der Waals surface area contributed by atoms with Gasteiger partial charge in [0.25, 0.3) is 5.91 Å². The van der Waals surface area contributed by atoms with Gasteiger partial charge in [0.05, 0.1) is 37.9 Å². The predicted molar refractivity (Wildman–Crippen MR) is 142 cm³/mol. The molecule has 0 bridgehead atoms. The van der Waals surface area contributed by atoms with Crippen molar-refractivity contribution in [1.82, 2.24) is 29.8 Å². The molecular weight excluding hydrogens is 549 g/mol. The monoisotopic (exact) mass is 572 g/mol. The molecule has 1 saturated carbocycles. The molecule has 9 nitrogen and oxygen atoms in total. The zero-order valence-corrected chi connectivity index (χ0v) is 22.6. The van der Waals surface area contributed by atoms with Crippen molar-refractivity contribution in [2.45, 2.75) is 38.4 Å². The van der Waals surface area contributed by atoms with E-state index in [2.05, 4.69) is 30.2 Å². The van der Waals surface area contributed by atoms with E-state index < -0.39 is 11.7 Å². The lowest BCUT2D eigenvalue weighted by atomic mass is 10.1. The number of anilines is 3. The Hall–Kier alpha value is -3.65. The molecule has 202 valence electrons. The van der Waals surface area contributed by atoms with Gasteiger partial charge >= 0.3 is 6.18 Å². The maximum absolute atomic E-state index is 13.3. The molecule has 14 heteroatoms. The maximum atomic E-state index is 13.3. The summed E-state index contributed by atoms with van der Waals surface area (Å²) >= 11 is 3.08. The lowest BCUT2D eigenvalue weighted by molar-refractivity contribution is -0.138. The molecule has 1 spiro atoms. The molecule has 0 unspecified atom stereocenters. The Morgan fingerprint density at radius 1 is 1.05 bits per heavy atom. The van der Waals surface area contributed by atoms with Crippen LogP contribution in [0.1, 0.15) is 39.5 Å². The molecule has 4 aromatic rings. The minimum Gasteiger partial charge on any atom is -0.334 e. The fourth-order valence-corrected chi connectivity index (χ4v) is 6.40. The van der Waals surface area contributed by atoms with Crippen molar-refractivity contribution in [3.8, 4) is 10.6 Å². The van der Waals surface area contributed by atoms with Crippen molar-refractivity contribution >= 4 is 45.5 Å². The summed E-state index contributed by atoms with van der Waals surface area (Å²) in [6, 6.07) is 3.48. The fraction of sp³-hybridized carbons (Fsp3) is 0.360. The maximum Gasteiger partial charge on any atom is 0.419 e. The van der Waals surface area contributed by atoms with Gasteiger partial charge in [0.15, 0.2) is 5.13 Å². The number of pyridine rings is 1. The average molecular weight is 573 g/mol. The fourth-order valence-electron chi connectivity index (χ4n) is 4.73. The summed E-state index contributed by atoms with van der Waals surface area (Å²) in [6.07, 6.45) is 0.317. The number of carbonyl (C=O) groups excluding carboxylic acids is 1. The van der Waals surface area contributed by atoms with Gasteiger partial charge in [-0.2, -0.15) is 13.2 Å². The van der Waals surface area contributed by atoms with Crippen molar-refractivity contribution in [3.63, 3.8) is 0 Å². The number of nitrogens with one attached hydrogen (secondary N) is 1. The van der Waals surface area contributed by atoms with Crippen LogP contribution in [0.4, 0.5) is 30.1 Å². The highest BCUT2D eigenvalue weighted by molar-refractivity contribution is 7.16. The lowest BCUT2D eigenvalue weighted by Gasteiger charge is -2.42. The number of amides is 1. The Labute approximate surface area is 229 Å². The second kappa shape index (κ2) is 9.52. The average Bonchev–Trinajstić information content (AvgIpc) is 3.35. The number of carbonyl (C=O) groups is 1. The number of halogens is 3. The van der Waals surface area contributed by atoms with Gasteiger partial charge < -0.3 is 15.1 Å². The first kappa shape index (κ1) is 25.6. The van der Waals surface area contributed by atoms with Gasteiger partial charge in [0.1, 0.15) is 5.82 Å². The third-order valence-corrected chi connectivity index (χ3v) is 8.71. The third kappa shape index (κ3) is 5.05. The number of hydrogen-bond donors (Lipinski definition) is 1. The van der Waals surface area contributed by atoms with Gasteiger partial charge in [-0.15, -0.1) is 22.7 Å². The molecule has 1 aliphatic carbocycles. The number of rotatable bonds is 5. The molecule has 4 aromatic heterocycles. The molecule has 6 rings (SSSR count). The van der Waals surface area contributed by atoms with Crippen molar-refractivity contribution < 1.29 is 18.0 Å². The summed E-state index contributed by atoms with van der Waals surface area (Å²) in [5.74, 6) is 0.698. The Balaban J connectivity index is 1.10. The van der Waals surface area contributed by atoms with Crippen LogP contribution in [0, 0.1) is 13.8 Å². The van der Waals surface area contributed by atoms with Crippen molar-refractivity contribution in [2.24, 2.45) is 0 Å². The molecule has 1 saturated heterocycles. The standard InChI is InChI=1S/C25H23F3N8OS2/c1-14-20(39-15(2)32-14)18-12-38-23(33-18)34-19-4-3-16(9-29-19)21(37)35-7-8-36(24(13-35)5-6-24)22-30-10-17(11-31-22)25(26,27)28/h3-4,9-12H,5-8,13H2,1-2H3,(H,29,33,34). The van der Waals surface area contributed by atoms with E-state index in [9.17, 15) is 18.0 Å². The molecule has 1 aliphatic heterocycles. The van der Waals surface area contributed by atoms with Crippen LogP contribution < -0.4 is 10.2 Å². The molecule has 2 fully saturated rings. The van der Waals surface area contributed by atoms with E-state index in [4.69, 9.17) is 0 Å². The van der Waals surface area contributed by atoms with E-state index in [1.165, 1.54) is 11.3 Å². The molecule has 1 amide bonds. The van der Waals surface area contributed by atoms with Crippen LogP contribution in [-0.2, 0) is 6.18 Å². The van der Waals surface area contributed by atoms with Crippen LogP contribution in [0.2, 0.25) is 0 Å². The van der Waals surface area contributed by atoms with E-state index in [0.29, 0.717) is 36.1 Å². The first-order valence-corrected chi connectivity index (χ1v) is 13.9. The Morgan fingerprint density at radius 2 is 1.82 bits per heavy atom. The van der Waals surface area contributed by atoms with Gasteiger partial charge in [-0.05, 0) is 38.8 Å². The van der Waals surface area contributed by atoms with E-state index in [-0.39, 0.29) is 17.4 Å². The minimum atomic E-state index is -4.48. The minimum absolute atomic E-state index is 0.138. The van der Waals surface area contributed by atoms with Crippen molar-refractivity contribution in [3.05, 3.63) is 57.9 Å². The normalized spacial score (nSPS) is 16.5. The highest BCUT2D eigenvalue weighted by Crippen LogP contribution is 2.46. The first-order chi connectivity index (χ1) is 18.6. The summed E-state index contributed by atoms with van der Waals surface area (Å²) < 4.78 is 38.7. The third-order valence-electron chi connectivity index (χ3n) is 6.86. The SMILES string of the molecule is Cc1nc(C)c(-c2csc(Nc3ccc(C(=O)N4CCN(c5ncc(C(F)(F)F)cn5)C5(CC5)C4)cn3)n2)s1. The Morgan fingerprint density at radius 3 is 2.44 bits per heavy atom. The van der Waals surface area contributed by atoms with Gasteiger partial charge in [0.2, 0.25) is 5.95 Å². The van der Waals surface area contributed by atoms with Gasteiger partial charge in [-0.25, -0.2) is 24.9 Å². The second-order valence-corrected chi connectivity index (χ2v) is 11.7. The zero-order chi connectivity index (χ0) is 27.4. The van der Waals surface area contributed by atoms with Gasteiger partial charge in [0, 0.05) is 43.6 Å². The number of nitrogens with zero attached hydrogens (tertiary/aromatic N) is 7.